The molecule has 2 aromatic rings. The van der Waals surface area contributed by atoms with Gasteiger partial charge >= 0.3 is 0 Å². The number of methoxy groups -OCH3 is 1. The van der Waals surface area contributed by atoms with Gasteiger partial charge in [0.15, 0.2) is 0 Å². The molecule has 0 radical (unpaired) electrons. The molecule has 2 aromatic carbocycles. The maximum absolute atomic E-state index is 8.47. The van der Waals surface area contributed by atoms with Crippen LogP contribution in [0.5, 0.6) is 5.75 Å². The van der Waals surface area contributed by atoms with Gasteiger partial charge in [-0.3, -0.25) is 5.41 Å². The maximum Gasteiger partial charge on any atom is 0.118 e. The molecule has 0 aliphatic heterocycles. The Bertz CT molecular complexity index is 688. The Labute approximate surface area is 137 Å². The molecule has 0 aromatic heterocycles. The van der Waals surface area contributed by atoms with Gasteiger partial charge < -0.3 is 15.8 Å². The Morgan fingerprint density at radius 3 is 2.48 bits per heavy atom. The van der Waals surface area contributed by atoms with Crippen LogP contribution in [0, 0.1) is 5.41 Å². The maximum atomic E-state index is 8.47. The number of nitrogens with one attached hydrogen (secondary N) is 2. The predicted octanol–water partition coefficient (Wildman–Crippen LogP) is 4.05. The molecule has 1 aliphatic rings. The third-order valence-electron chi connectivity index (χ3n) is 4.47. The Kier molecular flexibility index (Phi) is 4.51. The first-order valence-electron chi connectivity index (χ1n) is 8.07. The Balaban J connectivity index is 1.84. The fourth-order valence-electron chi connectivity index (χ4n) is 3.11. The molecule has 23 heavy (non-hydrogen) atoms. The highest BCUT2D eigenvalue weighted by molar-refractivity contribution is 6.15. The van der Waals surface area contributed by atoms with E-state index in [2.05, 4.69) is 5.32 Å². The summed E-state index contributed by atoms with van der Waals surface area (Å²) in [5.74, 6) is 0.783. The van der Waals surface area contributed by atoms with Crippen molar-refractivity contribution < 1.29 is 4.74 Å². The highest BCUT2D eigenvalue weighted by Gasteiger charge is 2.17. The summed E-state index contributed by atoms with van der Waals surface area (Å²) in [7, 11) is 1.64. The Morgan fingerprint density at radius 2 is 1.83 bits per heavy atom. The lowest BCUT2D eigenvalue weighted by molar-refractivity contribution is 0.415. The van der Waals surface area contributed by atoms with E-state index in [1.807, 2.05) is 42.5 Å². The van der Waals surface area contributed by atoms with Gasteiger partial charge in [0.05, 0.1) is 24.2 Å². The van der Waals surface area contributed by atoms with E-state index in [0.717, 1.165) is 22.6 Å². The van der Waals surface area contributed by atoms with E-state index in [1.54, 1.807) is 7.11 Å². The molecule has 0 amide bonds. The number of ether oxygens (including phenoxy) is 1. The van der Waals surface area contributed by atoms with Gasteiger partial charge in [-0.15, -0.1) is 0 Å². The zero-order valence-corrected chi connectivity index (χ0v) is 13.4. The summed E-state index contributed by atoms with van der Waals surface area (Å²) in [4.78, 5) is 0. The van der Waals surface area contributed by atoms with E-state index in [1.165, 1.54) is 25.7 Å². The van der Waals surface area contributed by atoms with Gasteiger partial charge in [0, 0.05) is 17.2 Å². The number of anilines is 2. The topological polar surface area (TPSA) is 71.1 Å². The van der Waals surface area contributed by atoms with Crippen molar-refractivity contribution in [3.8, 4) is 5.75 Å². The van der Waals surface area contributed by atoms with Crippen LogP contribution in [0.15, 0.2) is 42.5 Å². The van der Waals surface area contributed by atoms with Crippen LogP contribution in [0.2, 0.25) is 0 Å². The smallest absolute Gasteiger partial charge is 0.118 e. The fraction of sp³-hybridized carbons (Fsp3) is 0.316. The number of rotatable bonds is 5. The summed E-state index contributed by atoms with van der Waals surface area (Å²) in [6.07, 6.45) is 4.94. The average molecular weight is 309 g/mol. The van der Waals surface area contributed by atoms with E-state index in [9.17, 15) is 0 Å². The third kappa shape index (κ3) is 3.31. The predicted molar refractivity (Wildman–Crippen MR) is 95.7 cm³/mol. The van der Waals surface area contributed by atoms with Crippen molar-refractivity contribution in [1.29, 1.82) is 5.41 Å². The van der Waals surface area contributed by atoms with Crippen molar-refractivity contribution >= 4 is 17.1 Å². The highest BCUT2D eigenvalue weighted by atomic mass is 16.5. The van der Waals surface area contributed by atoms with Crippen molar-refractivity contribution in [2.45, 2.75) is 31.7 Å². The second-order valence-corrected chi connectivity index (χ2v) is 6.00. The van der Waals surface area contributed by atoms with E-state index in [-0.39, 0.29) is 0 Å². The lowest BCUT2D eigenvalue weighted by atomic mass is 9.99. The van der Waals surface area contributed by atoms with Crippen molar-refractivity contribution in [1.82, 2.24) is 0 Å². The van der Waals surface area contributed by atoms with E-state index in [4.69, 9.17) is 15.9 Å². The lowest BCUT2D eigenvalue weighted by Crippen LogP contribution is -2.17. The van der Waals surface area contributed by atoms with Crippen LogP contribution in [-0.4, -0.2) is 18.9 Å². The molecule has 1 aliphatic carbocycles. The molecule has 4 heteroatoms. The lowest BCUT2D eigenvalue weighted by Gasteiger charge is -2.18. The zero-order valence-electron chi connectivity index (χ0n) is 13.4. The van der Waals surface area contributed by atoms with Crippen LogP contribution in [-0.2, 0) is 0 Å². The van der Waals surface area contributed by atoms with Gasteiger partial charge in [-0.2, -0.15) is 0 Å². The first kappa shape index (κ1) is 15.4. The number of para-hydroxylation sites is 1. The highest BCUT2D eigenvalue weighted by Crippen LogP contribution is 2.29. The minimum atomic E-state index is 0.431. The van der Waals surface area contributed by atoms with E-state index in [0.29, 0.717) is 17.4 Å². The third-order valence-corrected chi connectivity index (χ3v) is 4.47. The molecule has 0 atom stereocenters. The molecular weight excluding hydrogens is 286 g/mol. The van der Waals surface area contributed by atoms with Crippen LogP contribution < -0.4 is 15.8 Å². The zero-order chi connectivity index (χ0) is 16.2. The molecule has 1 fully saturated rings. The summed E-state index contributed by atoms with van der Waals surface area (Å²) in [6.45, 7) is 0. The number of benzene rings is 2. The Hall–Kier alpha value is -2.49. The minimum absolute atomic E-state index is 0.431. The summed E-state index contributed by atoms with van der Waals surface area (Å²) >= 11 is 0. The largest absolute Gasteiger partial charge is 0.497 e. The van der Waals surface area contributed by atoms with Crippen LogP contribution in [0.25, 0.3) is 0 Å². The number of nitrogens with two attached hydrogens (primary N) is 1. The van der Waals surface area contributed by atoms with Crippen LogP contribution in [0.3, 0.4) is 0 Å². The molecule has 0 spiro atoms. The van der Waals surface area contributed by atoms with Crippen LogP contribution in [0.4, 0.5) is 11.4 Å². The first-order valence-corrected chi connectivity index (χ1v) is 8.07. The molecule has 4 nitrogen and oxygen atoms in total. The summed E-state index contributed by atoms with van der Waals surface area (Å²) < 4.78 is 5.17. The fourth-order valence-corrected chi connectivity index (χ4v) is 3.11. The van der Waals surface area contributed by atoms with Gasteiger partial charge in [-0.25, -0.2) is 0 Å². The standard InChI is InChI=1S/C19H23N3O/c1-23-15-11-9-13(10-12-15)18(20)16-7-4-8-17(19(16)21)22-14-5-2-3-6-14/h4,7-12,14,20,22H,2-3,5-6,21H2,1H3. The first-order chi connectivity index (χ1) is 11.2. The molecular formula is C19H23N3O. The number of nitrogen functional groups attached to an aromatic ring is 1. The summed E-state index contributed by atoms with van der Waals surface area (Å²) in [6, 6.07) is 13.9. The molecule has 120 valence electrons. The summed E-state index contributed by atoms with van der Waals surface area (Å²) in [5, 5.41) is 12.0. The molecule has 1 saturated carbocycles. The second kappa shape index (κ2) is 6.73. The minimum Gasteiger partial charge on any atom is -0.497 e. The van der Waals surface area contributed by atoms with E-state index < -0.39 is 0 Å². The van der Waals surface area contributed by atoms with Gasteiger partial charge in [-0.1, -0.05) is 25.0 Å². The molecule has 0 saturated heterocycles. The van der Waals surface area contributed by atoms with Crippen LogP contribution in [0.1, 0.15) is 36.8 Å². The normalized spacial score (nSPS) is 14.7. The SMILES string of the molecule is COc1ccc(C(=N)c2cccc(NC3CCCC3)c2N)cc1. The van der Waals surface area contributed by atoms with Crippen LogP contribution >= 0.6 is 0 Å². The van der Waals surface area contributed by atoms with Gasteiger partial charge in [0.25, 0.3) is 0 Å². The van der Waals surface area contributed by atoms with Gasteiger partial charge in [0.2, 0.25) is 0 Å². The van der Waals surface area contributed by atoms with E-state index >= 15 is 0 Å². The average Bonchev–Trinajstić information content (AvgIpc) is 3.09. The van der Waals surface area contributed by atoms with Gasteiger partial charge in [0.1, 0.15) is 5.75 Å². The molecule has 0 unspecified atom stereocenters. The monoisotopic (exact) mass is 309 g/mol. The molecule has 3 rings (SSSR count). The number of hydrogen-bond donors (Lipinski definition) is 3. The Morgan fingerprint density at radius 1 is 1.13 bits per heavy atom. The summed E-state index contributed by atoms with van der Waals surface area (Å²) in [5.41, 5.74) is 9.94. The van der Waals surface area contributed by atoms with Crippen molar-refractivity contribution in [2.24, 2.45) is 0 Å². The molecule has 0 heterocycles. The van der Waals surface area contributed by atoms with Crippen molar-refractivity contribution in [2.75, 3.05) is 18.2 Å². The quantitative estimate of drug-likeness (QED) is 0.576. The molecule has 0 bridgehead atoms. The molecule has 4 N–H and O–H groups in total. The second-order valence-electron chi connectivity index (χ2n) is 6.00. The van der Waals surface area contributed by atoms with Crippen molar-refractivity contribution in [3.63, 3.8) is 0 Å². The van der Waals surface area contributed by atoms with Crippen molar-refractivity contribution in [3.05, 3.63) is 53.6 Å². The number of hydrogen-bond acceptors (Lipinski definition) is 4. The van der Waals surface area contributed by atoms with Gasteiger partial charge in [-0.05, 0) is 43.2 Å².